The zero-order valence-electron chi connectivity index (χ0n) is 23.3. The molecule has 3 aromatic rings. The molecule has 0 aromatic heterocycles. The minimum absolute atomic E-state index is 0.0334. The number of nitrogens with zero attached hydrogens (tertiary/aromatic N) is 1. The van der Waals surface area contributed by atoms with Gasteiger partial charge in [-0.05, 0) is 55.1 Å². The highest BCUT2D eigenvalue weighted by molar-refractivity contribution is 6.05. The number of nitrogens with one attached hydrogen (secondary N) is 2. The fourth-order valence-corrected chi connectivity index (χ4v) is 4.54. The fourth-order valence-electron chi connectivity index (χ4n) is 4.54. The number of carboxylic acids is 1. The average molecular weight is 604 g/mol. The number of anilines is 1. The predicted octanol–water partition coefficient (Wildman–Crippen LogP) is 3.28. The van der Waals surface area contributed by atoms with E-state index in [0.717, 1.165) is 6.07 Å². The quantitative estimate of drug-likeness (QED) is 0.246. The van der Waals surface area contributed by atoms with E-state index in [1.807, 2.05) is 6.92 Å². The number of hydrogen-bond donors (Lipinski definition) is 3. The number of para-hydroxylation sites is 1. The van der Waals surface area contributed by atoms with E-state index in [4.69, 9.17) is 9.47 Å². The van der Waals surface area contributed by atoms with Crippen molar-refractivity contribution in [2.45, 2.75) is 31.7 Å². The number of carbonyl (C=O) groups excluding carboxylic acids is 3. The number of alkyl halides is 3. The summed E-state index contributed by atoms with van der Waals surface area (Å²) in [6.45, 7) is 1.75. The standard InChI is InChI=1S/C29H28F3N3O8/c1-15(33-2)12-34-21-14-42-24-19(27(39)43-28(40)29(30,31)32)5-4-6-22(24)35(25(21)36)13-20-18-9-7-17(26(37)38)11-16(18)8-10-23(20)41-3/h4-11,15,21,33-34H,12-14H2,1-3H3,(H,37,38)/t15-,21-/m0/s1. The summed E-state index contributed by atoms with van der Waals surface area (Å²) in [5.41, 5.74) is 0.0765. The molecule has 0 aliphatic carbocycles. The van der Waals surface area contributed by atoms with Gasteiger partial charge in [-0.15, -0.1) is 0 Å². The third kappa shape index (κ3) is 6.70. The van der Waals surface area contributed by atoms with Gasteiger partial charge in [0.25, 0.3) is 0 Å². The number of fused-ring (bicyclic) bond motifs is 2. The number of methoxy groups -OCH3 is 1. The Balaban J connectivity index is 1.83. The fraction of sp³-hybridized carbons (Fsp3) is 0.310. The molecule has 2 atom stereocenters. The summed E-state index contributed by atoms with van der Waals surface area (Å²) in [6.07, 6.45) is -5.41. The topological polar surface area (TPSA) is 144 Å². The van der Waals surface area contributed by atoms with Crippen LogP contribution in [0.5, 0.6) is 11.5 Å². The van der Waals surface area contributed by atoms with Crippen LogP contribution in [0.1, 0.15) is 33.2 Å². The zero-order valence-corrected chi connectivity index (χ0v) is 23.3. The molecule has 1 heterocycles. The molecule has 0 saturated heterocycles. The summed E-state index contributed by atoms with van der Waals surface area (Å²) in [6, 6.07) is 10.6. The van der Waals surface area contributed by atoms with Gasteiger partial charge in [0.1, 0.15) is 24.0 Å². The molecular weight excluding hydrogens is 575 g/mol. The van der Waals surface area contributed by atoms with Crippen LogP contribution in [0.2, 0.25) is 0 Å². The van der Waals surface area contributed by atoms with E-state index in [2.05, 4.69) is 15.4 Å². The van der Waals surface area contributed by atoms with E-state index in [0.29, 0.717) is 28.6 Å². The Hall–Kier alpha value is -4.69. The summed E-state index contributed by atoms with van der Waals surface area (Å²) in [5, 5.41) is 16.7. The van der Waals surface area contributed by atoms with Crippen molar-refractivity contribution in [3.8, 4) is 11.5 Å². The van der Waals surface area contributed by atoms with Gasteiger partial charge in [-0.1, -0.05) is 18.2 Å². The van der Waals surface area contributed by atoms with Gasteiger partial charge in [0.05, 0.1) is 24.9 Å². The lowest BCUT2D eigenvalue weighted by Gasteiger charge is -2.27. The van der Waals surface area contributed by atoms with Crippen molar-refractivity contribution in [2.24, 2.45) is 0 Å². The van der Waals surface area contributed by atoms with Gasteiger partial charge < -0.3 is 34.9 Å². The molecule has 228 valence electrons. The van der Waals surface area contributed by atoms with Crippen molar-refractivity contribution >= 4 is 40.3 Å². The smallest absolute Gasteiger partial charge is 0.491 e. The van der Waals surface area contributed by atoms with Crippen LogP contribution in [0, 0.1) is 0 Å². The number of aromatic carboxylic acids is 1. The Kier molecular flexibility index (Phi) is 9.21. The van der Waals surface area contributed by atoms with Crippen LogP contribution in [0.15, 0.2) is 48.5 Å². The molecule has 1 aliphatic heterocycles. The first-order valence-electron chi connectivity index (χ1n) is 13.0. The Labute approximate surface area is 243 Å². The zero-order chi connectivity index (χ0) is 31.5. The normalized spacial score (nSPS) is 15.7. The Morgan fingerprint density at radius 1 is 1.16 bits per heavy atom. The maximum Gasteiger partial charge on any atom is 0.491 e. The summed E-state index contributed by atoms with van der Waals surface area (Å²) in [7, 11) is 3.16. The molecule has 0 fully saturated rings. The number of ether oxygens (including phenoxy) is 3. The highest BCUT2D eigenvalue weighted by Crippen LogP contribution is 2.39. The molecule has 3 aromatic carbocycles. The lowest BCUT2D eigenvalue weighted by molar-refractivity contribution is -0.193. The number of rotatable bonds is 9. The van der Waals surface area contributed by atoms with Gasteiger partial charge in [0.2, 0.25) is 5.91 Å². The second-order valence-corrected chi connectivity index (χ2v) is 9.70. The first-order chi connectivity index (χ1) is 20.3. The van der Waals surface area contributed by atoms with Crippen LogP contribution in [-0.4, -0.2) is 74.5 Å². The molecule has 0 radical (unpaired) electrons. The lowest BCUT2D eigenvalue weighted by atomic mass is 10.00. The second kappa shape index (κ2) is 12.7. The number of amides is 1. The molecule has 3 N–H and O–H groups in total. The predicted molar refractivity (Wildman–Crippen MR) is 147 cm³/mol. The summed E-state index contributed by atoms with van der Waals surface area (Å²) < 4.78 is 53.9. The Morgan fingerprint density at radius 3 is 2.56 bits per heavy atom. The monoisotopic (exact) mass is 603 g/mol. The maximum absolute atomic E-state index is 14.0. The van der Waals surface area contributed by atoms with Gasteiger partial charge in [-0.25, -0.2) is 14.4 Å². The molecule has 14 heteroatoms. The number of carboxylic acid groups (broad SMARTS) is 1. The van der Waals surface area contributed by atoms with Crippen LogP contribution in [0.4, 0.5) is 18.9 Å². The molecule has 1 aliphatic rings. The number of hydrogen-bond acceptors (Lipinski definition) is 9. The first-order valence-corrected chi connectivity index (χ1v) is 13.0. The van der Waals surface area contributed by atoms with Gasteiger partial charge in [0, 0.05) is 18.2 Å². The number of carbonyl (C=O) groups is 4. The largest absolute Gasteiger partial charge is 0.496 e. The molecular formula is C29H28F3N3O8. The van der Waals surface area contributed by atoms with Crippen molar-refractivity contribution in [3.05, 3.63) is 65.2 Å². The number of benzene rings is 3. The number of halogens is 3. The van der Waals surface area contributed by atoms with Crippen LogP contribution >= 0.6 is 0 Å². The Morgan fingerprint density at radius 2 is 1.91 bits per heavy atom. The van der Waals surface area contributed by atoms with Crippen LogP contribution in [0.25, 0.3) is 10.8 Å². The minimum atomic E-state index is -5.41. The summed E-state index contributed by atoms with van der Waals surface area (Å²) in [4.78, 5) is 50.9. The molecule has 43 heavy (non-hydrogen) atoms. The van der Waals surface area contributed by atoms with Crippen molar-refractivity contribution in [3.63, 3.8) is 0 Å². The van der Waals surface area contributed by atoms with Crippen molar-refractivity contribution in [2.75, 3.05) is 32.2 Å². The van der Waals surface area contributed by atoms with E-state index in [-0.39, 0.29) is 36.2 Å². The maximum atomic E-state index is 14.0. The van der Waals surface area contributed by atoms with Crippen LogP contribution < -0.4 is 25.0 Å². The van der Waals surface area contributed by atoms with Crippen LogP contribution in [0.3, 0.4) is 0 Å². The lowest BCUT2D eigenvalue weighted by Crippen LogP contribution is -2.51. The van der Waals surface area contributed by atoms with Gasteiger partial charge in [-0.2, -0.15) is 13.2 Å². The van der Waals surface area contributed by atoms with E-state index >= 15 is 0 Å². The molecule has 0 saturated carbocycles. The summed E-state index contributed by atoms with van der Waals surface area (Å²) >= 11 is 0. The van der Waals surface area contributed by atoms with Crippen molar-refractivity contribution in [1.29, 1.82) is 0 Å². The van der Waals surface area contributed by atoms with E-state index in [1.165, 1.54) is 36.3 Å². The first kappa shape index (κ1) is 31.3. The SMILES string of the molecule is CN[C@@H](C)CN[C@H]1COc2c(C(=O)OC(=O)C(F)(F)F)cccc2N(Cc2c(OC)ccc3cc(C(=O)O)ccc23)C1=O. The van der Waals surface area contributed by atoms with E-state index in [9.17, 15) is 37.5 Å². The van der Waals surface area contributed by atoms with Crippen molar-refractivity contribution < 1.29 is 51.7 Å². The second-order valence-electron chi connectivity index (χ2n) is 9.70. The highest BCUT2D eigenvalue weighted by atomic mass is 19.4. The molecule has 0 bridgehead atoms. The van der Waals surface area contributed by atoms with Gasteiger partial charge >= 0.3 is 24.1 Å². The van der Waals surface area contributed by atoms with Gasteiger partial charge in [0.15, 0.2) is 5.75 Å². The third-order valence-corrected chi connectivity index (χ3v) is 6.91. The van der Waals surface area contributed by atoms with E-state index in [1.54, 1.807) is 25.2 Å². The van der Waals surface area contributed by atoms with Crippen molar-refractivity contribution in [1.82, 2.24) is 10.6 Å². The molecule has 0 spiro atoms. The van der Waals surface area contributed by atoms with E-state index < -0.39 is 41.6 Å². The highest BCUT2D eigenvalue weighted by Gasteiger charge is 2.43. The number of likely N-dealkylation sites (N-methyl/N-ethyl adjacent to an activating group) is 1. The third-order valence-electron chi connectivity index (χ3n) is 6.91. The molecule has 0 unspecified atom stereocenters. The number of esters is 2. The average Bonchev–Trinajstić information content (AvgIpc) is 3.10. The summed E-state index contributed by atoms with van der Waals surface area (Å²) in [5.74, 6) is -5.80. The Bertz CT molecular complexity index is 1580. The minimum Gasteiger partial charge on any atom is -0.496 e. The molecule has 4 rings (SSSR count). The molecule has 11 nitrogen and oxygen atoms in total. The van der Waals surface area contributed by atoms with Crippen LogP contribution in [-0.2, 0) is 20.9 Å². The van der Waals surface area contributed by atoms with Gasteiger partial charge in [-0.3, -0.25) is 4.79 Å². The molecule has 1 amide bonds.